The van der Waals surface area contributed by atoms with E-state index in [9.17, 15) is 27.2 Å². The lowest BCUT2D eigenvalue weighted by Crippen LogP contribution is -2.43. The maximum absolute atomic E-state index is 14.2. The number of carbonyl (C=O) groups excluding carboxylic acids is 2. The molecule has 148 valence electrons. The maximum atomic E-state index is 14.2. The smallest absolute Gasteiger partial charge is 0.354 e. The molecule has 1 aliphatic carbocycles. The molecular weight excluding hydrogens is 370 g/mol. The molecule has 27 heavy (non-hydrogen) atoms. The number of carbonyl (C=O) groups is 2. The van der Waals surface area contributed by atoms with Gasteiger partial charge in [0.25, 0.3) is 0 Å². The van der Waals surface area contributed by atoms with E-state index in [4.69, 9.17) is 0 Å². The SMILES string of the molecule is COC(=O)/C=C(/Nc1cccc(C2C(F)C(F)CC(F)C2F)c1)C(=O)OC. The Kier molecular flexibility index (Phi) is 6.81. The molecule has 4 unspecified atom stereocenters. The Morgan fingerprint density at radius 3 is 2.26 bits per heavy atom. The average Bonchev–Trinajstić information content (AvgIpc) is 2.65. The highest BCUT2D eigenvalue weighted by molar-refractivity contribution is 5.98. The fourth-order valence-electron chi connectivity index (χ4n) is 2.88. The van der Waals surface area contributed by atoms with Crippen LogP contribution in [0.5, 0.6) is 0 Å². The van der Waals surface area contributed by atoms with Gasteiger partial charge in [0.15, 0.2) is 0 Å². The zero-order valence-electron chi connectivity index (χ0n) is 14.6. The number of benzene rings is 1. The second-order valence-electron chi connectivity index (χ2n) is 6.01. The van der Waals surface area contributed by atoms with E-state index in [-0.39, 0.29) is 16.9 Å². The number of nitrogens with one attached hydrogen (secondary N) is 1. The standard InChI is InChI=1S/C18H19F4NO4/c1-26-14(24)8-13(18(25)27-2)23-10-5-3-4-9(6-10)15-16(21)11(19)7-12(20)17(15)22/h3-6,8,11-12,15-17,23H,7H2,1-2H3/b13-8+. The summed E-state index contributed by atoms with van der Waals surface area (Å²) in [5, 5.41) is 2.58. The van der Waals surface area contributed by atoms with Crippen LogP contribution in [0.1, 0.15) is 17.9 Å². The zero-order chi connectivity index (χ0) is 20.1. The van der Waals surface area contributed by atoms with Gasteiger partial charge in [-0.3, -0.25) is 0 Å². The van der Waals surface area contributed by atoms with Gasteiger partial charge in [0.05, 0.1) is 26.2 Å². The first-order valence-corrected chi connectivity index (χ1v) is 8.09. The third kappa shape index (κ3) is 4.78. The van der Waals surface area contributed by atoms with E-state index in [2.05, 4.69) is 14.8 Å². The van der Waals surface area contributed by atoms with Gasteiger partial charge in [0, 0.05) is 12.1 Å². The predicted octanol–water partition coefficient (Wildman–Crippen LogP) is 3.17. The van der Waals surface area contributed by atoms with Gasteiger partial charge in [-0.2, -0.15) is 0 Å². The lowest BCUT2D eigenvalue weighted by atomic mass is 9.79. The van der Waals surface area contributed by atoms with Crippen LogP contribution < -0.4 is 5.32 Å². The minimum absolute atomic E-state index is 0.0206. The molecule has 1 aliphatic rings. The monoisotopic (exact) mass is 389 g/mol. The van der Waals surface area contributed by atoms with E-state index in [0.717, 1.165) is 20.3 Å². The summed E-state index contributed by atoms with van der Waals surface area (Å²) in [4.78, 5) is 23.1. The van der Waals surface area contributed by atoms with Gasteiger partial charge in [0.1, 0.15) is 30.4 Å². The highest BCUT2D eigenvalue weighted by Gasteiger charge is 2.47. The van der Waals surface area contributed by atoms with Crippen molar-refractivity contribution in [3.05, 3.63) is 41.6 Å². The third-order valence-electron chi connectivity index (χ3n) is 4.25. The second-order valence-corrected chi connectivity index (χ2v) is 6.01. The van der Waals surface area contributed by atoms with E-state index in [0.29, 0.717) is 0 Å². The van der Waals surface area contributed by atoms with Crippen LogP contribution in [-0.4, -0.2) is 50.8 Å². The topological polar surface area (TPSA) is 64.6 Å². The van der Waals surface area contributed by atoms with Crippen molar-refractivity contribution in [2.45, 2.75) is 37.0 Å². The zero-order valence-corrected chi connectivity index (χ0v) is 14.6. The summed E-state index contributed by atoms with van der Waals surface area (Å²) in [6, 6.07) is 5.43. The molecule has 1 fully saturated rings. The van der Waals surface area contributed by atoms with Crippen LogP contribution in [0.2, 0.25) is 0 Å². The van der Waals surface area contributed by atoms with Crippen molar-refractivity contribution in [3.63, 3.8) is 0 Å². The van der Waals surface area contributed by atoms with Crippen molar-refractivity contribution >= 4 is 17.6 Å². The number of anilines is 1. The van der Waals surface area contributed by atoms with Crippen molar-refractivity contribution in [1.29, 1.82) is 0 Å². The number of ether oxygens (including phenoxy) is 2. The maximum Gasteiger partial charge on any atom is 0.354 e. The van der Waals surface area contributed by atoms with E-state index >= 15 is 0 Å². The second kappa shape index (κ2) is 8.88. The molecule has 0 aromatic heterocycles. The highest BCUT2D eigenvalue weighted by atomic mass is 19.2. The molecule has 5 nitrogen and oxygen atoms in total. The predicted molar refractivity (Wildman–Crippen MR) is 89.1 cm³/mol. The first kappa shape index (κ1) is 20.7. The van der Waals surface area contributed by atoms with Crippen LogP contribution in [-0.2, 0) is 19.1 Å². The van der Waals surface area contributed by atoms with Gasteiger partial charge in [-0.05, 0) is 17.7 Å². The number of methoxy groups -OCH3 is 2. The van der Waals surface area contributed by atoms with Crippen molar-refractivity contribution in [2.75, 3.05) is 19.5 Å². The molecule has 1 N–H and O–H groups in total. The Morgan fingerprint density at radius 2 is 1.70 bits per heavy atom. The van der Waals surface area contributed by atoms with Crippen molar-refractivity contribution in [3.8, 4) is 0 Å². The van der Waals surface area contributed by atoms with Crippen LogP contribution in [0.25, 0.3) is 0 Å². The van der Waals surface area contributed by atoms with Crippen molar-refractivity contribution in [1.82, 2.24) is 0 Å². The van der Waals surface area contributed by atoms with Crippen LogP contribution in [0.4, 0.5) is 23.2 Å². The number of rotatable bonds is 5. The summed E-state index contributed by atoms with van der Waals surface area (Å²) in [7, 11) is 2.21. The normalized spacial score (nSPS) is 28.4. The van der Waals surface area contributed by atoms with Gasteiger partial charge in [-0.25, -0.2) is 27.2 Å². The molecule has 1 aromatic rings. The first-order chi connectivity index (χ1) is 12.8. The molecule has 9 heteroatoms. The minimum Gasteiger partial charge on any atom is -0.466 e. The molecule has 0 bridgehead atoms. The first-order valence-electron chi connectivity index (χ1n) is 8.09. The largest absolute Gasteiger partial charge is 0.466 e. The average molecular weight is 389 g/mol. The Balaban J connectivity index is 2.32. The highest BCUT2D eigenvalue weighted by Crippen LogP contribution is 2.40. The molecule has 2 rings (SSSR count). The molecule has 1 aromatic carbocycles. The molecule has 1 saturated carbocycles. The van der Waals surface area contributed by atoms with Gasteiger partial charge >= 0.3 is 11.9 Å². The van der Waals surface area contributed by atoms with Gasteiger partial charge in [-0.1, -0.05) is 12.1 Å². The Labute approximate surface area is 153 Å². The molecule has 0 saturated heterocycles. The van der Waals surface area contributed by atoms with E-state index in [1.807, 2.05) is 0 Å². The molecule has 4 atom stereocenters. The Hall–Kier alpha value is -2.58. The molecular formula is C18H19F4NO4. The van der Waals surface area contributed by atoms with Gasteiger partial charge in [0.2, 0.25) is 0 Å². The summed E-state index contributed by atoms with van der Waals surface area (Å²) < 4.78 is 64.7. The summed E-state index contributed by atoms with van der Waals surface area (Å²) in [6.07, 6.45) is -8.62. The quantitative estimate of drug-likeness (QED) is 0.476. The van der Waals surface area contributed by atoms with Gasteiger partial charge < -0.3 is 14.8 Å². The Bertz CT molecular complexity index is 713. The van der Waals surface area contributed by atoms with Crippen LogP contribution in [0.3, 0.4) is 0 Å². The molecule has 0 radical (unpaired) electrons. The summed E-state index contributed by atoms with van der Waals surface area (Å²) in [5.74, 6) is -3.35. The molecule has 0 spiro atoms. The van der Waals surface area contributed by atoms with Crippen molar-refractivity contribution in [2.24, 2.45) is 0 Å². The molecule has 0 heterocycles. The third-order valence-corrected chi connectivity index (χ3v) is 4.25. The van der Waals surface area contributed by atoms with Crippen LogP contribution >= 0.6 is 0 Å². The van der Waals surface area contributed by atoms with E-state index in [1.165, 1.54) is 24.3 Å². The molecule has 0 aliphatic heterocycles. The van der Waals surface area contributed by atoms with E-state index < -0.39 is 49.0 Å². The lowest BCUT2D eigenvalue weighted by molar-refractivity contribution is -0.138. The number of esters is 2. The van der Waals surface area contributed by atoms with E-state index in [1.54, 1.807) is 0 Å². The Morgan fingerprint density at radius 1 is 1.07 bits per heavy atom. The van der Waals surface area contributed by atoms with Crippen LogP contribution in [0.15, 0.2) is 36.0 Å². The summed E-state index contributed by atoms with van der Waals surface area (Å²) >= 11 is 0. The number of hydrogen-bond donors (Lipinski definition) is 1. The van der Waals surface area contributed by atoms with Crippen LogP contribution in [0, 0.1) is 0 Å². The fraction of sp³-hybridized carbons (Fsp3) is 0.444. The molecule has 0 amide bonds. The fourth-order valence-corrected chi connectivity index (χ4v) is 2.88. The number of alkyl halides is 4. The van der Waals surface area contributed by atoms with Gasteiger partial charge in [-0.15, -0.1) is 0 Å². The van der Waals surface area contributed by atoms with Crippen molar-refractivity contribution < 1.29 is 36.6 Å². The minimum atomic E-state index is -2.20. The number of halogens is 4. The number of hydrogen-bond acceptors (Lipinski definition) is 5. The summed E-state index contributed by atoms with van der Waals surface area (Å²) in [6.45, 7) is 0. The summed E-state index contributed by atoms with van der Waals surface area (Å²) in [5.41, 5.74) is -0.0957. The lowest BCUT2D eigenvalue weighted by Gasteiger charge is -2.34.